The summed E-state index contributed by atoms with van der Waals surface area (Å²) >= 11 is 3.41. The van der Waals surface area contributed by atoms with Crippen molar-refractivity contribution in [2.45, 2.75) is 13.3 Å². The van der Waals surface area contributed by atoms with Gasteiger partial charge in [0, 0.05) is 34.9 Å². The van der Waals surface area contributed by atoms with E-state index in [-0.39, 0.29) is 24.2 Å². The van der Waals surface area contributed by atoms with Crippen LogP contribution in [0.4, 0.5) is 11.4 Å². The number of carbonyl (C=O) groups excluding carboxylic acids is 2. The first-order valence-electron chi connectivity index (χ1n) is 7.99. The molecule has 2 amide bonds. The maximum Gasteiger partial charge on any atom is 0.229 e. The molecule has 0 bridgehead atoms. The van der Waals surface area contributed by atoms with E-state index in [9.17, 15) is 9.59 Å². The smallest absolute Gasteiger partial charge is 0.229 e. The lowest BCUT2D eigenvalue weighted by Gasteiger charge is -2.17. The summed E-state index contributed by atoms with van der Waals surface area (Å²) in [6.45, 7) is 2.30. The fourth-order valence-electron chi connectivity index (χ4n) is 2.91. The Morgan fingerprint density at radius 3 is 2.80 bits per heavy atom. The molecule has 0 spiro atoms. The molecule has 2 aromatic carbocycles. The Bertz CT molecular complexity index is 822. The van der Waals surface area contributed by atoms with Crippen LogP contribution < -0.4 is 15.0 Å². The van der Waals surface area contributed by atoms with E-state index in [0.717, 1.165) is 21.4 Å². The predicted octanol–water partition coefficient (Wildman–Crippen LogP) is 3.76. The Kier molecular flexibility index (Phi) is 5.08. The number of carbonyl (C=O) groups is 2. The second-order valence-electron chi connectivity index (χ2n) is 6.06. The molecular formula is C19H19BrN2O3. The van der Waals surface area contributed by atoms with E-state index in [1.165, 1.54) is 0 Å². The molecule has 1 atom stereocenters. The van der Waals surface area contributed by atoms with Crippen LogP contribution in [0.2, 0.25) is 0 Å². The summed E-state index contributed by atoms with van der Waals surface area (Å²) in [6, 6.07) is 13.0. The van der Waals surface area contributed by atoms with E-state index in [1.54, 1.807) is 18.1 Å². The van der Waals surface area contributed by atoms with Crippen LogP contribution in [0.1, 0.15) is 12.0 Å². The number of rotatable bonds is 4. The zero-order valence-corrected chi connectivity index (χ0v) is 15.7. The summed E-state index contributed by atoms with van der Waals surface area (Å²) in [7, 11) is 1.59. The molecule has 1 aliphatic rings. The monoisotopic (exact) mass is 402 g/mol. The molecule has 0 radical (unpaired) electrons. The standard InChI is InChI=1S/C19H19BrN2O3/c1-12-8-14(20)6-7-17(12)21-19(24)13-9-18(23)22(11-13)15-4-3-5-16(10-15)25-2/h3-8,10,13H,9,11H2,1-2H3,(H,21,24)/t13-/m1/s1. The summed E-state index contributed by atoms with van der Waals surface area (Å²) in [5, 5.41) is 2.93. The number of aryl methyl sites for hydroxylation is 1. The first-order chi connectivity index (χ1) is 12.0. The minimum absolute atomic E-state index is 0.0547. The van der Waals surface area contributed by atoms with Crippen molar-refractivity contribution in [2.24, 2.45) is 5.92 Å². The minimum atomic E-state index is -0.373. The van der Waals surface area contributed by atoms with Crippen molar-refractivity contribution in [3.05, 3.63) is 52.5 Å². The van der Waals surface area contributed by atoms with E-state index in [1.807, 2.05) is 43.3 Å². The number of hydrogen-bond acceptors (Lipinski definition) is 3. The van der Waals surface area contributed by atoms with Crippen LogP contribution in [0, 0.1) is 12.8 Å². The van der Waals surface area contributed by atoms with Gasteiger partial charge in [-0.2, -0.15) is 0 Å². The maximum absolute atomic E-state index is 12.6. The number of anilines is 2. The normalized spacial score (nSPS) is 16.8. The number of methoxy groups -OCH3 is 1. The summed E-state index contributed by atoms with van der Waals surface area (Å²) in [5.74, 6) is 0.121. The third kappa shape index (κ3) is 3.85. The average Bonchev–Trinajstić information content (AvgIpc) is 2.99. The van der Waals surface area contributed by atoms with E-state index in [0.29, 0.717) is 12.3 Å². The van der Waals surface area contributed by atoms with Gasteiger partial charge in [-0.3, -0.25) is 9.59 Å². The van der Waals surface area contributed by atoms with Gasteiger partial charge < -0.3 is 15.0 Å². The van der Waals surface area contributed by atoms with Gasteiger partial charge in [-0.15, -0.1) is 0 Å². The van der Waals surface area contributed by atoms with Crippen LogP contribution in [0.25, 0.3) is 0 Å². The summed E-state index contributed by atoms with van der Waals surface area (Å²) < 4.78 is 6.17. The van der Waals surface area contributed by atoms with Crippen LogP contribution in [0.5, 0.6) is 5.75 Å². The highest BCUT2D eigenvalue weighted by atomic mass is 79.9. The van der Waals surface area contributed by atoms with Gasteiger partial charge in [0.2, 0.25) is 11.8 Å². The first kappa shape index (κ1) is 17.5. The van der Waals surface area contributed by atoms with Crippen LogP contribution in [0.15, 0.2) is 46.9 Å². The molecule has 25 heavy (non-hydrogen) atoms. The Labute approximate surface area is 155 Å². The van der Waals surface area contributed by atoms with Gasteiger partial charge in [0.15, 0.2) is 0 Å². The maximum atomic E-state index is 12.6. The van der Waals surface area contributed by atoms with Gasteiger partial charge in [-0.25, -0.2) is 0 Å². The number of amides is 2. The lowest BCUT2D eigenvalue weighted by atomic mass is 10.1. The largest absolute Gasteiger partial charge is 0.497 e. The van der Waals surface area contributed by atoms with Crippen LogP contribution in [-0.4, -0.2) is 25.5 Å². The predicted molar refractivity (Wildman–Crippen MR) is 101 cm³/mol. The number of benzene rings is 2. The van der Waals surface area contributed by atoms with Gasteiger partial charge in [-0.1, -0.05) is 22.0 Å². The molecule has 5 nitrogen and oxygen atoms in total. The van der Waals surface area contributed by atoms with Gasteiger partial charge >= 0.3 is 0 Å². The van der Waals surface area contributed by atoms with Gasteiger partial charge in [0.25, 0.3) is 0 Å². The van der Waals surface area contributed by atoms with Crippen LogP contribution in [0.3, 0.4) is 0 Å². The Hall–Kier alpha value is -2.34. The molecule has 1 heterocycles. The molecule has 0 aromatic heterocycles. The fraction of sp³-hybridized carbons (Fsp3) is 0.263. The molecule has 3 rings (SSSR count). The third-order valence-electron chi connectivity index (χ3n) is 4.31. The molecule has 2 aromatic rings. The number of halogens is 1. The zero-order valence-electron chi connectivity index (χ0n) is 14.1. The Balaban J connectivity index is 1.72. The van der Waals surface area contributed by atoms with Gasteiger partial charge in [0.05, 0.1) is 13.0 Å². The topological polar surface area (TPSA) is 58.6 Å². The highest BCUT2D eigenvalue weighted by Crippen LogP contribution is 2.29. The molecule has 1 fully saturated rings. The van der Waals surface area contributed by atoms with Crippen LogP contribution in [-0.2, 0) is 9.59 Å². The lowest BCUT2D eigenvalue weighted by molar-refractivity contribution is -0.122. The minimum Gasteiger partial charge on any atom is -0.497 e. The van der Waals surface area contributed by atoms with Crippen molar-refractivity contribution in [3.63, 3.8) is 0 Å². The SMILES string of the molecule is COc1cccc(N2C[C@H](C(=O)Nc3ccc(Br)cc3C)CC2=O)c1. The van der Waals surface area contributed by atoms with Crippen molar-refractivity contribution >= 4 is 39.1 Å². The molecule has 0 aliphatic carbocycles. The Morgan fingerprint density at radius 2 is 2.08 bits per heavy atom. The van der Waals surface area contributed by atoms with Crippen LogP contribution >= 0.6 is 15.9 Å². The Morgan fingerprint density at radius 1 is 1.28 bits per heavy atom. The quantitative estimate of drug-likeness (QED) is 0.846. The highest BCUT2D eigenvalue weighted by Gasteiger charge is 2.35. The molecule has 0 saturated carbocycles. The molecule has 0 unspecified atom stereocenters. The van der Waals surface area contributed by atoms with Crippen molar-refractivity contribution in [1.82, 2.24) is 0 Å². The van der Waals surface area contributed by atoms with Crippen molar-refractivity contribution in [2.75, 3.05) is 23.9 Å². The van der Waals surface area contributed by atoms with Crippen molar-refractivity contribution in [1.29, 1.82) is 0 Å². The summed E-state index contributed by atoms with van der Waals surface area (Å²) in [5.41, 5.74) is 2.48. The summed E-state index contributed by atoms with van der Waals surface area (Å²) in [4.78, 5) is 26.6. The summed E-state index contributed by atoms with van der Waals surface area (Å²) in [6.07, 6.45) is 0.207. The fourth-order valence-corrected chi connectivity index (χ4v) is 3.39. The molecule has 1 N–H and O–H groups in total. The molecule has 1 aliphatic heterocycles. The number of ether oxygens (including phenoxy) is 1. The number of hydrogen-bond donors (Lipinski definition) is 1. The molecular weight excluding hydrogens is 384 g/mol. The van der Waals surface area contributed by atoms with Gasteiger partial charge in [-0.05, 0) is 42.8 Å². The van der Waals surface area contributed by atoms with E-state index < -0.39 is 0 Å². The van der Waals surface area contributed by atoms with Crippen molar-refractivity contribution in [3.8, 4) is 5.75 Å². The second-order valence-corrected chi connectivity index (χ2v) is 6.97. The third-order valence-corrected chi connectivity index (χ3v) is 4.80. The van der Waals surface area contributed by atoms with E-state index in [2.05, 4.69) is 21.2 Å². The number of nitrogens with zero attached hydrogens (tertiary/aromatic N) is 1. The zero-order chi connectivity index (χ0) is 18.0. The molecule has 130 valence electrons. The highest BCUT2D eigenvalue weighted by molar-refractivity contribution is 9.10. The molecule has 6 heteroatoms. The lowest BCUT2D eigenvalue weighted by Crippen LogP contribution is -2.28. The molecule has 1 saturated heterocycles. The van der Waals surface area contributed by atoms with Crippen molar-refractivity contribution < 1.29 is 14.3 Å². The van der Waals surface area contributed by atoms with E-state index >= 15 is 0 Å². The van der Waals surface area contributed by atoms with Gasteiger partial charge in [0.1, 0.15) is 5.75 Å². The number of nitrogens with one attached hydrogen (secondary N) is 1. The van der Waals surface area contributed by atoms with E-state index in [4.69, 9.17) is 4.74 Å². The average molecular weight is 403 g/mol. The second kappa shape index (κ2) is 7.27. The first-order valence-corrected chi connectivity index (χ1v) is 8.78.